The van der Waals surface area contributed by atoms with Crippen LogP contribution in [0.5, 0.6) is 0 Å². The fourth-order valence-corrected chi connectivity index (χ4v) is 0.933. The Morgan fingerprint density at radius 1 is 1.36 bits per heavy atom. The first kappa shape index (κ1) is 10.9. The maximum Gasteiger partial charge on any atom is 0.0633 e. The number of nitrogens with two attached hydrogens (primary N) is 1. The van der Waals surface area contributed by atoms with Crippen LogP contribution in [0.15, 0.2) is 0 Å². The molecule has 0 aliphatic carbocycles. The van der Waals surface area contributed by atoms with Crippen molar-refractivity contribution >= 4 is 0 Å². The number of hydrogen-bond acceptors (Lipinski definition) is 3. The Hall–Kier alpha value is -0.120. The zero-order valence-electron chi connectivity index (χ0n) is 7.60. The molecule has 0 aromatic carbocycles. The van der Waals surface area contributed by atoms with Gasteiger partial charge in [0.05, 0.1) is 6.61 Å². The van der Waals surface area contributed by atoms with Crippen molar-refractivity contribution in [1.29, 1.82) is 0 Å². The van der Waals surface area contributed by atoms with Gasteiger partial charge in [-0.1, -0.05) is 20.3 Å². The molecule has 3 nitrogen and oxygen atoms in total. The molecule has 3 N–H and O–H groups in total. The van der Waals surface area contributed by atoms with Gasteiger partial charge in [-0.25, -0.2) is 0 Å². The van der Waals surface area contributed by atoms with Crippen molar-refractivity contribution < 1.29 is 4.74 Å². The summed E-state index contributed by atoms with van der Waals surface area (Å²) in [7, 11) is 0. The minimum atomic E-state index is 0.326. The zero-order valence-corrected chi connectivity index (χ0v) is 7.60. The van der Waals surface area contributed by atoms with Crippen LogP contribution in [0.2, 0.25) is 0 Å². The molecule has 11 heavy (non-hydrogen) atoms. The quantitative estimate of drug-likeness (QED) is 0.332. The van der Waals surface area contributed by atoms with Crippen LogP contribution in [0, 0.1) is 0 Å². The predicted octanol–water partition coefficient (Wildman–Crippen LogP) is 1.04. The Kier molecular flexibility index (Phi) is 7.89. The minimum Gasteiger partial charge on any atom is -0.380 e. The van der Waals surface area contributed by atoms with Crippen molar-refractivity contribution in [2.75, 3.05) is 13.2 Å². The summed E-state index contributed by atoms with van der Waals surface area (Å²) in [5.41, 5.74) is 2.74. The summed E-state index contributed by atoms with van der Waals surface area (Å²) in [6.45, 7) is 5.81. The molecular weight excluding hydrogens is 140 g/mol. The summed E-state index contributed by atoms with van der Waals surface area (Å²) >= 11 is 0. The molecule has 0 aliphatic heterocycles. The maximum atomic E-state index is 5.35. The third-order valence-corrected chi connectivity index (χ3v) is 1.54. The van der Waals surface area contributed by atoms with E-state index in [1.165, 1.54) is 0 Å². The molecule has 0 saturated heterocycles. The Balaban J connectivity index is 3.20. The lowest BCUT2D eigenvalue weighted by molar-refractivity contribution is 0.109. The van der Waals surface area contributed by atoms with Crippen LogP contribution in [0.25, 0.3) is 0 Å². The van der Waals surface area contributed by atoms with Gasteiger partial charge in [0.15, 0.2) is 0 Å². The largest absolute Gasteiger partial charge is 0.380 e. The van der Waals surface area contributed by atoms with Crippen LogP contribution in [0.1, 0.15) is 33.1 Å². The van der Waals surface area contributed by atoms with E-state index in [9.17, 15) is 0 Å². The van der Waals surface area contributed by atoms with Gasteiger partial charge in [0.2, 0.25) is 0 Å². The lowest BCUT2D eigenvalue weighted by Crippen LogP contribution is -2.38. The molecule has 68 valence electrons. The smallest absolute Gasteiger partial charge is 0.0633 e. The van der Waals surface area contributed by atoms with Gasteiger partial charge in [-0.05, 0) is 12.8 Å². The second kappa shape index (κ2) is 7.98. The van der Waals surface area contributed by atoms with E-state index in [1.54, 1.807) is 0 Å². The molecule has 0 aromatic rings. The highest BCUT2D eigenvalue weighted by Crippen LogP contribution is 1.95. The highest BCUT2D eigenvalue weighted by Gasteiger charge is 2.03. The predicted molar refractivity (Wildman–Crippen MR) is 47.1 cm³/mol. The average molecular weight is 160 g/mol. The maximum absolute atomic E-state index is 5.35. The van der Waals surface area contributed by atoms with Crippen LogP contribution in [-0.2, 0) is 4.74 Å². The molecule has 1 unspecified atom stereocenters. The van der Waals surface area contributed by atoms with Crippen molar-refractivity contribution in [2.45, 2.75) is 39.2 Å². The molecule has 0 saturated carbocycles. The number of hydrogen-bond donors (Lipinski definition) is 2. The Morgan fingerprint density at radius 2 is 2.09 bits per heavy atom. The monoisotopic (exact) mass is 160 g/mol. The van der Waals surface area contributed by atoms with Crippen LogP contribution < -0.4 is 11.3 Å². The summed E-state index contributed by atoms with van der Waals surface area (Å²) in [4.78, 5) is 0. The SMILES string of the molecule is CCCOCC(CCC)NN. The first-order valence-corrected chi connectivity index (χ1v) is 4.39. The summed E-state index contributed by atoms with van der Waals surface area (Å²) in [5, 5.41) is 0. The van der Waals surface area contributed by atoms with Gasteiger partial charge in [0, 0.05) is 12.6 Å². The van der Waals surface area contributed by atoms with Gasteiger partial charge >= 0.3 is 0 Å². The fourth-order valence-electron chi connectivity index (χ4n) is 0.933. The molecule has 0 amide bonds. The second-order valence-electron chi connectivity index (χ2n) is 2.73. The molecule has 1 atom stereocenters. The van der Waals surface area contributed by atoms with Crippen molar-refractivity contribution in [3.05, 3.63) is 0 Å². The zero-order chi connectivity index (χ0) is 8.53. The summed E-state index contributed by atoms with van der Waals surface area (Å²) in [5.74, 6) is 5.31. The third-order valence-electron chi connectivity index (χ3n) is 1.54. The third kappa shape index (κ3) is 6.28. The number of hydrazine groups is 1. The van der Waals surface area contributed by atoms with E-state index in [2.05, 4.69) is 19.3 Å². The van der Waals surface area contributed by atoms with Crippen molar-refractivity contribution in [2.24, 2.45) is 5.84 Å². The van der Waals surface area contributed by atoms with Gasteiger partial charge < -0.3 is 4.74 Å². The first-order chi connectivity index (χ1) is 5.35. The Morgan fingerprint density at radius 3 is 2.55 bits per heavy atom. The van der Waals surface area contributed by atoms with Crippen LogP contribution >= 0.6 is 0 Å². The number of rotatable bonds is 7. The summed E-state index contributed by atoms with van der Waals surface area (Å²) in [6, 6.07) is 0.326. The van der Waals surface area contributed by atoms with E-state index >= 15 is 0 Å². The summed E-state index contributed by atoms with van der Waals surface area (Å²) in [6.07, 6.45) is 3.30. The van der Waals surface area contributed by atoms with E-state index in [0.717, 1.165) is 32.5 Å². The second-order valence-corrected chi connectivity index (χ2v) is 2.73. The molecule has 0 radical (unpaired) electrons. The molecule has 0 rings (SSSR count). The molecular formula is C8H20N2O. The van der Waals surface area contributed by atoms with Crippen LogP contribution in [0.4, 0.5) is 0 Å². The molecule has 0 fully saturated rings. The molecule has 0 spiro atoms. The van der Waals surface area contributed by atoms with E-state index in [0.29, 0.717) is 6.04 Å². The van der Waals surface area contributed by atoms with Crippen LogP contribution in [0.3, 0.4) is 0 Å². The van der Waals surface area contributed by atoms with E-state index in [4.69, 9.17) is 10.6 Å². The molecule has 0 aromatic heterocycles. The highest BCUT2D eigenvalue weighted by atomic mass is 16.5. The first-order valence-electron chi connectivity index (χ1n) is 4.39. The van der Waals surface area contributed by atoms with Crippen molar-refractivity contribution in [3.8, 4) is 0 Å². The van der Waals surface area contributed by atoms with Gasteiger partial charge in [0.1, 0.15) is 0 Å². The normalized spacial score (nSPS) is 13.4. The Labute approximate surface area is 69.3 Å². The van der Waals surface area contributed by atoms with Gasteiger partial charge in [0.25, 0.3) is 0 Å². The van der Waals surface area contributed by atoms with Crippen LogP contribution in [-0.4, -0.2) is 19.3 Å². The minimum absolute atomic E-state index is 0.326. The van der Waals surface area contributed by atoms with Gasteiger partial charge in [-0.3, -0.25) is 11.3 Å². The topological polar surface area (TPSA) is 47.3 Å². The lowest BCUT2D eigenvalue weighted by Gasteiger charge is -2.14. The van der Waals surface area contributed by atoms with E-state index in [1.807, 2.05) is 0 Å². The van der Waals surface area contributed by atoms with Gasteiger partial charge in [-0.15, -0.1) is 0 Å². The number of nitrogens with one attached hydrogen (secondary N) is 1. The molecule has 0 bridgehead atoms. The molecule has 0 aliphatic rings. The molecule has 0 heterocycles. The van der Waals surface area contributed by atoms with Gasteiger partial charge in [-0.2, -0.15) is 0 Å². The fraction of sp³-hybridized carbons (Fsp3) is 1.00. The van der Waals surface area contributed by atoms with Crippen molar-refractivity contribution in [1.82, 2.24) is 5.43 Å². The number of ether oxygens (including phenoxy) is 1. The highest BCUT2D eigenvalue weighted by molar-refractivity contribution is 4.60. The lowest BCUT2D eigenvalue weighted by atomic mass is 10.2. The summed E-state index contributed by atoms with van der Waals surface area (Å²) < 4.78 is 5.35. The van der Waals surface area contributed by atoms with E-state index in [-0.39, 0.29) is 0 Å². The van der Waals surface area contributed by atoms with Crippen molar-refractivity contribution in [3.63, 3.8) is 0 Å². The Bertz CT molecular complexity index is 78.5. The average Bonchev–Trinajstić information content (AvgIpc) is 2.03. The standard InChI is InChI=1S/C8H20N2O/c1-3-5-8(10-9)7-11-6-4-2/h8,10H,3-7,9H2,1-2H3. The van der Waals surface area contributed by atoms with E-state index < -0.39 is 0 Å². The molecule has 3 heteroatoms.